The molecule has 0 unspecified atom stereocenters. The van der Waals surface area contributed by atoms with E-state index in [4.69, 9.17) is 4.74 Å². The molecule has 5 nitrogen and oxygen atoms in total. The molecule has 2 heterocycles. The molecule has 1 fully saturated rings. The van der Waals surface area contributed by atoms with Crippen molar-refractivity contribution in [2.45, 2.75) is 38.8 Å². The number of carbonyl (C=O) groups excluding carboxylic acids is 1. The van der Waals surface area contributed by atoms with E-state index in [0.717, 1.165) is 32.5 Å². The van der Waals surface area contributed by atoms with Crippen LogP contribution in [0.4, 0.5) is 4.79 Å². The van der Waals surface area contributed by atoms with Crippen LogP contribution in [0.2, 0.25) is 0 Å². The number of urea groups is 1. The minimum atomic E-state index is 0.00817. The fourth-order valence-electron chi connectivity index (χ4n) is 2.59. The van der Waals surface area contributed by atoms with E-state index in [1.165, 1.54) is 16.9 Å². The minimum Gasteiger partial charge on any atom is -0.376 e. The topological polar surface area (TPSA) is 44.8 Å². The van der Waals surface area contributed by atoms with Crippen LogP contribution in [0.1, 0.15) is 29.7 Å². The van der Waals surface area contributed by atoms with Crippen molar-refractivity contribution in [1.82, 2.24) is 15.1 Å². The number of aryl methyl sites for hydroxylation is 1. The van der Waals surface area contributed by atoms with Crippen molar-refractivity contribution < 1.29 is 9.53 Å². The molecule has 0 saturated carbocycles. The minimum absolute atomic E-state index is 0.00817. The summed E-state index contributed by atoms with van der Waals surface area (Å²) in [6.45, 7) is 5.79. The third-order valence-corrected chi connectivity index (χ3v) is 5.17. The van der Waals surface area contributed by atoms with Gasteiger partial charge in [0.25, 0.3) is 0 Å². The van der Waals surface area contributed by atoms with Gasteiger partial charge in [0.15, 0.2) is 0 Å². The van der Waals surface area contributed by atoms with Gasteiger partial charge in [-0.05, 0) is 57.3 Å². The maximum atomic E-state index is 12.6. The molecule has 0 aliphatic carbocycles. The summed E-state index contributed by atoms with van der Waals surface area (Å²) in [7, 11) is 4.06. The molecule has 1 aromatic heterocycles. The van der Waals surface area contributed by atoms with Gasteiger partial charge in [0.05, 0.1) is 12.6 Å². The first-order valence-corrected chi connectivity index (χ1v) is 9.26. The summed E-state index contributed by atoms with van der Waals surface area (Å²) in [6, 6.07) is 2.12. The maximum absolute atomic E-state index is 12.6. The second-order valence-corrected chi connectivity index (χ2v) is 7.43. The van der Waals surface area contributed by atoms with Crippen molar-refractivity contribution in [3.63, 3.8) is 0 Å². The Bertz CT molecular complexity index is 484. The smallest absolute Gasteiger partial charge is 0.317 e. The van der Waals surface area contributed by atoms with E-state index in [1.807, 2.05) is 19.0 Å². The van der Waals surface area contributed by atoms with E-state index >= 15 is 0 Å². The third kappa shape index (κ3) is 6.12. The number of ether oxygens (including phenoxy) is 1. The zero-order valence-corrected chi connectivity index (χ0v) is 15.3. The first-order chi connectivity index (χ1) is 11.1. The van der Waals surface area contributed by atoms with Gasteiger partial charge in [0, 0.05) is 31.1 Å². The van der Waals surface area contributed by atoms with Gasteiger partial charge >= 0.3 is 6.03 Å². The van der Waals surface area contributed by atoms with E-state index in [-0.39, 0.29) is 12.1 Å². The highest BCUT2D eigenvalue weighted by Gasteiger charge is 2.19. The molecule has 0 bridgehead atoms. The second-order valence-electron chi connectivity index (χ2n) is 6.43. The number of nitrogens with zero attached hydrogens (tertiary/aromatic N) is 2. The lowest BCUT2D eigenvalue weighted by atomic mass is 10.1. The highest BCUT2D eigenvalue weighted by Crippen LogP contribution is 2.18. The van der Waals surface area contributed by atoms with Gasteiger partial charge < -0.3 is 19.9 Å². The lowest BCUT2D eigenvalue weighted by Gasteiger charge is -2.27. The molecule has 0 spiro atoms. The van der Waals surface area contributed by atoms with Crippen molar-refractivity contribution >= 4 is 17.4 Å². The van der Waals surface area contributed by atoms with Crippen LogP contribution in [-0.2, 0) is 11.3 Å². The van der Waals surface area contributed by atoms with Crippen LogP contribution < -0.4 is 5.32 Å². The summed E-state index contributed by atoms with van der Waals surface area (Å²) in [5.74, 6) is 0. The van der Waals surface area contributed by atoms with Gasteiger partial charge in [-0.2, -0.15) is 0 Å². The van der Waals surface area contributed by atoms with Crippen molar-refractivity contribution in [3.8, 4) is 0 Å². The van der Waals surface area contributed by atoms with Crippen molar-refractivity contribution in [2.24, 2.45) is 0 Å². The van der Waals surface area contributed by atoms with Gasteiger partial charge in [0.1, 0.15) is 0 Å². The number of amides is 2. The number of nitrogens with one attached hydrogen (secondary N) is 1. The van der Waals surface area contributed by atoms with E-state index in [2.05, 4.69) is 28.6 Å². The first-order valence-electron chi connectivity index (χ1n) is 8.38. The van der Waals surface area contributed by atoms with Crippen molar-refractivity contribution in [1.29, 1.82) is 0 Å². The normalized spacial score (nSPS) is 18.2. The summed E-state index contributed by atoms with van der Waals surface area (Å²) in [6.07, 6.45) is 3.55. The Kier molecular flexibility index (Phi) is 7.33. The maximum Gasteiger partial charge on any atom is 0.317 e. The summed E-state index contributed by atoms with van der Waals surface area (Å²) in [5, 5.41) is 5.14. The second kappa shape index (κ2) is 9.25. The van der Waals surface area contributed by atoms with Gasteiger partial charge in [-0.25, -0.2) is 4.79 Å². The van der Waals surface area contributed by atoms with Gasteiger partial charge in [-0.15, -0.1) is 11.3 Å². The Balaban J connectivity index is 1.88. The number of thiophene rings is 1. The van der Waals surface area contributed by atoms with E-state index in [1.54, 1.807) is 11.3 Å². The Labute approximate surface area is 143 Å². The summed E-state index contributed by atoms with van der Waals surface area (Å²) >= 11 is 1.72. The SMILES string of the molecule is Cc1ccsc1CN(CCN(C)C)C(=O)NC[C@@H]1CCCCO1. The highest BCUT2D eigenvalue weighted by atomic mass is 32.1. The largest absolute Gasteiger partial charge is 0.376 e. The molecule has 1 saturated heterocycles. The monoisotopic (exact) mass is 339 g/mol. The average Bonchev–Trinajstić information content (AvgIpc) is 2.95. The summed E-state index contributed by atoms with van der Waals surface area (Å²) in [5.41, 5.74) is 1.26. The van der Waals surface area contributed by atoms with Gasteiger partial charge in [-0.3, -0.25) is 0 Å². The molecule has 0 radical (unpaired) electrons. The van der Waals surface area contributed by atoms with Crippen LogP contribution in [0.5, 0.6) is 0 Å². The van der Waals surface area contributed by atoms with E-state index < -0.39 is 0 Å². The molecule has 1 N–H and O–H groups in total. The molecular weight excluding hydrogens is 310 g/mol. The predicted molar refractivity (Wildman–Crippen MR) is 95.0 cm³/mol. The number of likely N-dealkylation sites (N-methyl/N-ethyl adjacent to an activating group) is 1. The summed E-state index contributed by atoms with van der Waals surface area (Å²) < 4.78 is 5.69. The van der Waals surface area contributed by atoms with Crippen LogP contribution in [0, 0.1) is 6.92 Å². The lowest BCUT2D eigenvalue weighted by Crippen LogP contribution is -2.45. The van der Waals surface area contributed by atoms with Gasteiger partial charge in [0.2, 0.25) is 0 Å². The van der Waals surface area contributed by atoms with Crippen LogP contribution in [0.15, 0.2) is 11.4 Å². The van der Waals surface area contributed by atoms with E-state index in [9.17, 15) is 4.79 Å². The number of rotatable bonds is 7. The standard InChI is InChI=1S/C17H29N3O2S/c1-14-7-11-23-16(14)13-20(9-8-19(2)3)17(21)18-12-15-6-4-5-10-22-15/h7,11,15H,4-6,8-10,12-13H2,1-3H3,(H,18,21)/t15-/m0/s1. The van der Waals surface area contributed by atoms with Crippen LogP contribution in [0.3, 0.4) is 0 Å². The Morgan fingerprint density at radius 2 is 2.22 bits per heavy atom. The number of carbonyl (C=O) groups is 1. The number of hydrogen-bond donors (Lipinski definition) is 1. The average molecular weight is 340 g/mol. The third-order valence-electron chi connectivity index (χ3n) is 4.16. The van der Waals surface area contributed by atoms with E-state index in [0.29, 0.717) is 13.1 Å². The molecule has 2 amide bonds. The van der Waals surface area contributed by atoms with Crippen molar-refractivity contribution in [2.75, 3.05) is 40.3 Å². The first kappa shape index (κ1) is 18.2. The quantitative estimate of drug-likeness (QED) is 0.831. The van der Waals surface area contributed by atoms with Crippen LogP contribution in [-0.4, -0.2) is 62.3 Å². The summed E-state index contributed by atoms with van der Waals surface area (Å²) in [4.78, 5) is 17.8. The molecule has 1 atom stereocenters. The van der Waals surface area contributed by atoms with Crippen LogP contribution in [0.25, 0.3) is 0 Å². The molecule has 23 heavy (non-hydrogen) atoms. The molecular formula is C17H29N3O2S. The van der Waals surface area contributed by atoms with Gasteiger partial charge in [-0.1, -0.05) is 0 Å². The zero-order chi connectivity index (χ0) is 16.7. The zero-order valence-electron chi connectivity index (χ0n) is 14.5. The lowest BCUT2D eigenvalue weighted by molar-refractivity contribution is 0.0176. The molecule has 130 valence electrons. The number of hydrogen-bond acceptors (Lipinski definition) is 4. The molecule has 2 rings (SSSR count). The molecule has 6 heteroatoms. The fraction of sp³-hybridized carbons (Fsp3) is 0.706. The predicted octanol–water partition coefficient (Wildman–Crippen LogP) is 2.70. The van der Waals surface area contributed by atoms with Crippen LogP contribution >= 0.6 is 11.3 Å². The molecule has 1 aliphatic heterocycles. The Morgan fingerprint density at radius 3 is 2.83 bits per heavy atom. The molecule has 0 aromatic carbocycles. The highest BCUT2D eigenvalue weighted by molar-refractivity contribution is 7.10. The Morgan fingerprint density at radius 1 is 1.39 bits per heavy atom. The molecule has 1 aromatic rings. The Hall–Kier alpha value is -1.11. The van der Waals surface area contributed by atoms with Crippen molar-refractivity contribution in [3.05, 3.63) is 21.9 Å². The fourth-order valence-corrected chi connectivity index (χ4v) is 3.51. The molecule has 1 aliphatic rings.